The van der Waals surface area contributed by atoms with Crippen molar-refractivity contribution in [1.29, 1.82) is 0 Å². The van der Waals surface area contributed by atoms with Crippen LogP contribution >= 0.6 is 0 Å². The summed E-state index contributed by atoms with van der Waals surface area (Å²) < 4.78 is 0. The molecule has 4 heteroatoms. The molecule has 1 rings (SSSR count). The molecule has 1 aromatic carbocycles. The Morgan fingerprint density at radius 1 is 1.38 bits per heavy atom. The third kappa shape index (κ3) is 6.17. The standard InChI is InChI=1S/C17H29N3O/c1-5-6-9-20(12-17(18)21)16-8-7-14(4)10-15(16)11-19-13(2)3/h7-8,10,13,19H,5-6,9,11-12H2,1-4H3,(H2,18,21). The van der Waals surface area contributed by atoms with Crippen molar-refractivity contribution in [3.05, 3.63) is 29.3 Å². The number of hydrogen-bond donors (Lipinski definition) is 2. The highest BCUT2D eigenvalue weighted by Crippen LogP contribution is 2.22. The normalized spacial score (nSPS) is 10.9. The van der Waals surface area contributed by atoms with E-state index in [2.05, 4.69) is 56.1 Å². The molecule has 0 heterocycles. The number of rotatable bonds is 9. The average Bonchev–Trinajstić information content (AvgIpc) is 2.41. The van der Waals surface area contributed by atoms with Gasteiger partial charge >= 0.3 is 0 Å². The van der Waals surface area contributed by atoms with E-state index in [-0.39, 0.29) is 12.5 Å². The van der Waals surface area contributed by atoms with Gasteiger partial charge in [0, 0.05) is 24.8 Å². The minimum absolute atomic E-state index is 0.276. The molecular weight excluding hydrogens is 262 g/mol. The van der Waals surface area contributed by atoms with Gasteiger partial charge in [0.1, 0.15) is 0 Å². The number of anilines is 1. The summed E-state index contributed by atoms with van der Waals surface area (Å²) in [7, 11) is 0. The Morgan fingerprint density at radius 3 is 2.67 bits per heavy atom. The number of amides is 1. The molecule has 1 aromatic rings. The minimum Gasteiger partial charge on any atom is -0.368 e. The van der Waals surface area contributed by atoms with Crippen molar-refractivity contribution < 1.29 is 4.79 Å². The first kappa shape index (κ1) is 17.5. The quantitative estimate of drug-likeness (QED) is 0.735. The van der Waals surface area contributed by atoms with Crippen LogP contribution in [-0.4, -0.2) is 25.0 Å². The number of carbonyl (C=O) groups excluding carboxylic acids is 1. The lowest BCUT2D eigenvalue weighted by molar-refractivity contribution is -0.116. The number of nitrogens with zero attached hydrogens (tertiary/aromatic N) is 1. The zero-order valence-electron chi connectivity index (χ0n) is 13.8. The Kier molecular flexibility index (Phi) is 7.23. The van der Waals surface area contributed by atoms with Crippen LogP contribution in [0.5, 0.6) is 0 Å². The molecule has 0 atom stereocenters. The first-order chi connectivity index (χ1) is 9.93. The summed E-state index contributed by atoms with van der Waals surface area (Å²) >= 11 is 0. The van der Waals surface area contributed by atoms with E-state index in [9.17, 15) is 4.79 Å². The zero-order valence-corrected chi connectivity index (χ0v) is 13.8. The van der Waals surface area contributed by atoms with Crippen LogP contribution in [0.4, 0.5) is 5.69 Å². The fourth-order valence-corrected chi connectivity index (χ4v) is 2.30. The zero-order chi connectivity index (χ0) is 15.8. The summed E-state index contributed by atoms with van der Waals surface area (Å²) in [5.41, 5.74) is 8.97. The second kappa shape index (κ2) is 8.67. The fraction of sp³-hybridized carbons (Fsp3) is 0.588. The lowest BCUT2D eigenvalue weighted by Gasteiger charge is -2.26. The summed E-state index contributed by atoms with van der Waals surface area (Å²) in [6, 6.07) is 6.81. The van der Waals surface area contributed by atoms with Gasteiger partial charge in [0.15, 0.2) is 0 Å². The molecule has 0 aliphatic rings. The van der Waals surface area contributed by atoms with Crippen LogP contribution in [0, 0.1) is 6.92 Å². The number of primary amides is 1. The molecule has 0 saturated carbocycles. The Labute approximate surface area is 128 Å². The van der Waals surface area contributed by atoms with Crippen molar-refractivity contribution in [3.63, 3.8) is 0 Å². The van der Waals surface area contributed by atoms with Crippen molar-refractivity contribution in [1.82, 2.24) is 5.32 Å². The largest absolute Gasteiger partial charge is 0.368 e. The predicted octanol–water partition coefficient (Wildman–Crippen LogP) is 2.58. The van der Waals surface area contributed by atoms with Crippen molar-refractivity contribution in [2.24, 2.45) is 5.73 Å². The minimum atomic E-state index is -0.283. The van der Waals surface area contributed by atoms with Crippen molar-refractivity contribution >= 4 is 11.6 Å². The lowest BCUT2D eigenvalue weighted by atomic mass is 10.1. The van der Waals surface area contributed by atoms with Crippen LogP contribution in [0.2, 0.25) is 0 Å². The third-order valence-corrected chi connectivity index (χ3v) is 3.40. The van der Waals surface area contributed by atoms with Crippen LogP contribution in [0.25, 0.3) is 0 Å². The van der Waals surface area contributed by atoms with Gasteiger partial charge in [-0.2, -0.15) is 0 Å². The van der Waals surface area contributed by atoms with E-state index in [1.54, 1.807) is 0 Å². The molecule has 0 aliphatic carbocycles. The molecule has 3 N–H and O–H groups in total. The molecule has 0 aromatic heterocycles. The molecule has 0 unspecified atom stereocenters. The molecule has 0 aliphatic heterocycles. The molecule has 0 fully saturated rings. The van der Waals surface area contributed by atoms with E-state index < -0.39 is 0 Å². The van der Waals surface area contributed by atoms with Gasteiger partial charge in [-0.05, 0) is 25.0 Å². The number of benzene rings is 1. The molecule has 0 radical (unpaired) electrons. The molecule has 4 nitrogen and oxygen atoms in total. The van der Waals surface area contributed by atoms with Gasteiger partial charge in [-0.25, -0.2) is 0 Å². The average molecular weight is 291 g/mol. The van der Waals surface area contributed by atoms with Crippen LogP contribution in [0.1, 0.15) is 44.7 Å². The maximum atomic E-state index is 11.4. The van der Waals surface area contributed by atoms with Gasteiger partial charge in [0.2, 0.25) is 5.91 Å². The SMILES string of the molecule is CCCCN(CC(N)=O)c1ccc(C)cc1CNC(C)C. The van der Waals surface area contributed by atoms with E-state index in [1.165, 1.54) is 11.1 Å². The topological polar surface area (TPSA) is 58.4 Å². The number of nitrogens with two attached hydrogens (primary N) is 1. The Hall–Kier alpha value is -1.55. The smallest absolute Gasteiger partial charge is 0.236 e. The Morgan fingerprint density at radius 2 is 2.10 bits per heavy atom. The Bertz CT molecular complexity index is 457. The summed E-state index contributed by atoms with van der Waals surface area (Å²) in [6.07, 6.45) is 2.15. The van der Waals surface area contributed by atoms with Gasteiger partial charge in [-0.1, -0.05) is 44.9 Å². The van der Waals surface area contributed by atoms with Gasteiger partial charge in [0.05, 0.1) is 6.54 Å². The monoisotopic (exact) mass is 291 g/mol. The van der Waals surface area contributed by atoms with E-state index in [0.29, 0.717) is 6.04 Å². The third-order valence-electron chi connectivity index (χ3n) is 3.40. The predicted molar refractivity (Wildman–Crippen MR) is 89.5 cm³/mol. The number of hydrogen-bond acceptors (Lipinski definition) is 3. The molecule has 0 spiro atoms. The number of unbranched alkanes of at least 4 members (excludes halogenated alkanes) is 1. The first-order valence-electron chi connectivity index (χ1n) is 7.80. The van der Waals surface area contributed by atoms with Crippen LogP contribution in [0.3, 0.4) is 0 Å². The second-order valence-electron chi connectivity index (χ2n) is 5.91. The first-order valence-corrected chi connectivity index (χ1v) is 7.80. The number of aryl methyl sites for hydroxylation is 1. The van der Waals surface area contributed by atoms with E-state index in [0.717, 1.165) is 31.6 Å². The van der Waals surface area contributed by atoms with Gasteiger partial charge in [-0.15, -0.1) is 0 Å². The number of carbonyl (C=O) groups is 1. The Balaban J connectivity index is 3.00. The highest BCUT2D eigenvalue weighted by atomic mass is 16.1. The molecule has 118 valence electrons. The second-order valence-corrected chi connectivity index (χ2v) is 5.91. The highest BCUT2D eigenvalue weighted by Gasteiger charge is 2.13. The van der Waals surface area contributed by atoms with Crippen LogP contribution < -0.4 is 16.0 Å². The van der Waals surface area contributed by atoms with Crippen LogP contribution in [0.15, 0.2) is 18.2 Å². The van der Waals surface area contributed by atoms with Gasteiger partial charge in [0.25, 0.3) is 0 Å². The van der Waals surface area contributed by atoms with Crippen molar-refractivity contribution in [2.75, 3.05) is 18.0 Å². The molecule has 1 amide bonds. The van der Waals surface area contributed by atoms with Crippen molar-refractivity contribution in [3.8, 4) is 0 Å². The summed E-state index contributed by atoms with van der Waals surface area (Å²) in [6.45, 7) is 10.4. The van der Waals surface area contributed by atoms with E-state index in [1.807, 2.05) is 0 Å². The molecule has 21 heavy (non-hydrogen) atoms. The van der Waals surface area contributed by atoms with Gasteiger partial charge < -0.3 is 16.0 Å². The maximum Gasteiger partial charge on any atom is 0.236 e. The number of nitrogens with one attached hydrogen (secondary N) is 1. The summed E-state index contributed by atoms with van der Waals surface area (Å²) in [5, 5.41) is 3.45. The van der Waals surface area contributed by atoms with Crippen molar-refractivity contribution in [2.45, 2.75) is 53.1 Å². The van der Waals surface area contributed by atoms with E-state index >= 15 is 0 Å². The fourth-order valence-electron chi connectivity index (χ4n) is 2.30. The van der Waals surface area contributed by atoms with Crippen LogP contribution in [-0.2, 0) is 11.3 Å². The maximum absolute atomic E-state index is 11.4. The summed E-state index contributed by atoms with van der Waals surface area (Å²) in [4.78, 5) is 13.5. The lowest BCUT2D eigenvalue weighted by Crippen LogP contribution is -2.35. The molecule has 0 bridgehead atoms. The highest BCUT2D eigenvalue weighted by molar-refractivity contribution is 5.80. The molecule has 0 saturated heterocycles. The molecular formula is C17H29N3O. The van der Waals surface area contributed by atoms with Gasteiger partial charge in [-0.3, -0.25) is 4.79 Å². The van der Waals surface area contributed by atoms with E-state index in [4.69, 9.17) is 5.73 Å². The summed E-state index contributed by atoms with van der Waals surface area (Å²) in [5.74, 6) is -0.283.